The van der Waals surface area contributed by atoms with Crippen LogP contribution in [0.2, 0.25) is 0 Å². The predicted octanol–water partition coefficient (Wildman–Crippen LogP) is 1.88. The lowest BCUT2D eigenvalue weighted by Gasteiger charge is -2.36. The van der Waals surface area contributed by atoms with Crippen molar-refractivity contribution in [2.45, 2.75) is 19.0 Å². The number of H-pyrrole nitrogens is 1. The van der Waals surface area contributed by atoms with Crippen LogP contribution in [-0.2, 0) is 13.0 Å². The summed E-state index contributed by atoms with van der Waals surface area (Å²) in [6, 6.07) is 22.3. The van der Waals surface area contributed by atoms with Crippen LogP contribution in [0.1, 0.15) is 28.4 Å². The van der Waals surface area contributed by atoms with Gasteiger partial charge in [0.05, 0.1) is 18.8 Å². The molecule has 6 rings (SSSR count). The standard InChI is InChI=1S/C29H31FN4O.ClH/c1-35-27-11-10-20(28-29-23(12-13-31-28)22-6-2-4-8-25(22)32-29)18-21(27)19-33-14-16-34(17-15-33)26-9-5-3-7-24(26)30;/h2-11,18,28,31-32H,12-17,19H2,1H3;1H/p-1. The zero-order chi connectivity index (χ0) is 23.8. The molecule has 1 saturated heterocycles. The second-order valence-corrected chi connectivity index (χ2v) is 9.49. The van der Waals surface area contributed by atoms with Crippen LogP contribution in [0.4, 0.5) is 10.1 Å². The Balaban J connectivity index is 0.00000267. The lowest BCUT2D eigenvalue weighted by atomic mass is 9.93. The number of aromatic nitrogens is 1. The van der Waals surface area contributed by atoms with Crippen molar-refractivity contribution in [2.75, 3.05) is 44.7 Å². The van der Waals surface area contributed by atoms with Gasteiger partial charge in [0.25, 0.3) is 0 Å². The van der Waals surface area contributed by atoms with E-state index in [-0.39, 0.29) is 24.3 Å². The topological polar surface area (TPSA) is 43.5 Å². The number of nitrogens with one attached hydrogen (secondary N) is 2. The summed E-state index contributed by atoms with van der Waals surface area (Å²) in [5, 5.41) is 5.05. The average molecular weight is 506 g/mol. The molecule has 36 heavy (non-hydrogen) atoms. The normalized spacial score (nSPS) is 18.1. The fourth-order valence-corrected chi connectivity index (χ4v) is 5.66. The Morgan fingerprint density at radius 3 is 2.56 bits per heavy atom. The molecule has 3 heterocycles. The molecule has 5 nitrogen and oxygen atoms in total. The number of fused-ring (bicyclic) bond motifs is 3. The van der Waals surface area contributed by atoms with Crippen molar-refractivity contribution in [3.8, 4) is 5.75 Å². The first kappa shape index (κ1) is 24.6. The second-order valence-electron chi connectivity index (χ2n) is 9.49. The van der Waals surface area contributed by atoms with Crippen LogP contribution in [0.5, 0.6) is 5.75 Å². The summed E-state index contributed by atoms with van der Waals surface area (Å²) in [6.07, 6.45) is 1.03. The summed E-state index contributed by atoms with van der Waals surface area (Å²) >= 11 is 0. The van der Waals surface area contributed by atoms with E-state index in [0.29, 0.717) is 5.69 Å². The van der Waals surface area contributed by atoms with E-state index in [1.54, 1.807) is 13.2 Å². The molecule has 0 aliphatic carbocycles. The molecular weight excluding hydrogens is 475 g/mol. The van der Waals surface area contributed by atoms with Crippen molar-refractivity contribution >= 4 is 16.6 Å². The second kappa shape index (κ2) is 10.5. The average Bonchev–Trinajstić information content (AvgIpc) is 3.28. The molecule has 0 bridgehead atoms. The van der Waals surface area contributed by atoms with Gasteiger partial charge in [-0.15, -0.1) is 0 Å². The number of hydrogen-bond acceptors (Lipinski definition) is 4. The van der Waals surface area contributed by atoms with Crippen molar-refractivity contribution in [3.63, 3.8) is 0 Å². The Morgan fingerprint density at radius 2 is 1.75 bits per heavy atom. The highest BCUT2D eigenvalue weighted by atomic mass is 35.5. The molecule has 1 fully saturated rings. The Morgan fingerprint density at radius 1 is 0.972 bits per heavy atom. The molecule has 0 spiro atoms. The van der Waals surface area contributed by atoms with E-state index in [4.69, 9.17) is 4.74 Å². The van der Waals surface area contributed by atoms with Gasteiger partial charge >= 0.3 is 0 Å². The Hall–Kier alpha value is -3.06. The number of hydrogen-bond donors (Lipinski definition) is 2. The molecule has 1 atom stereocenters. The van der Waals surface area contributed by atoms with Gasteiger partial charge in [0, 0.05) is 61.4 Å². The third-order valence-corrected chi connectivity index (χ3v) is 7.46. The van der Waals surface area contributed by atoms with E-state index >= 15 is 0 Å². The van der Waals surface area contributed by atoms with E-state index in [1.807, 2.05) is 12.1 Å². The summed E-state index contributed by atoms with van der Waals surface area (Å²) in [5.74, 6) is 0.768. The first-order valence-corrected chi connectivity index (χ1v) is 12.4. The maximum atomic E-state index is 14.2. The predicted molar refractivity (Wildman–Crippen MR) is 139 cm³/mol. The maximum absolute atomic E-state index is 14.2. The van der Waals surface area contributed by atoms with Crippen molar-refractivity contribution in [3.05, 3.63) is 94.9 Å². The lowest BCUT2D eigenvalue weighted by molar-refractivity contribution is -0.00000783. The minimum absolute atomic E-state index is 0. The van der Waals surface area contributed by atoms with Crippen LogP contribution in [-0.4, -0.2) is 49.7 Å². The van der Waals surface area contributed by atoms with E-state index in [0.717, 1.165) is 51.4 Å². The maximum Gasteiger partial charge on any atom is 0.146 e. The Labute approximate surface area is 217 Å². The zero-order valence-corrected chi connectivity index (χ0v) is 21.2. The number of methoxy groups -OCH3 is 1. The molecule has 2 aliphatic heterocycles. The van der Waals surface area contributed by atoms with Gasteiger partial charge in [-0.05, 0) is 47.9 Å². The van der Waals surface area contributed by atoms with Crippen LogP contribution in [0.3, 0.4) is 0 Å². The molecule has 7 heteroatoms. The number of para-hydroxylation sites is 2. The molecule has 0 amide bonds. The molecule has 1 aromatic heterocycles. The molecule has 2 aliphatic rings. The van der Waals surface area contributed by atoms with Crippen LogP contribution in [0.25, 0.3) is 10.9 Å². The first-order valence-electron chi connectivity index (χ1n) is 12.4. The molecular formula is C29H31ClFN4O-. The van der Waals surface area contributed by atoms with Crippen LogP contribution >= 0.6 is 0 Å². The van der Waals surface area contributed by atoms with E-state index in [9.17, 15) is 4.39 Å². The van der Waals surface area contributed by atoms with Crippen molar-refractivity contribution in [1.29, 1.82) is 0 Å². The number of anilines is 1. The first-order chi connectivity index (χ1) is 17.2. The lowest BCUT2D eigenvalue weighted by Crippen LogP contribution is -3.00. The molecule has 3 aromatic carbocycles. The summed E-state index contributed by atoms with van der Waals surface area (Å²) in [7, 11) is 1.74. The van der Waals surface area contributed by atoms with E-state index in [2.05, 4.69) is 62.6 Å². The highest BCUT2D eigenvalue weighted by Crippen LogP contribution is 2.35. The Kier molecular flexibility index (Phi) is 7.19. The largest absolute Gasteiger partial charge is 1.00 e. The molecule has 1 unspecified atom stereocenters. The van der Waals surface area contributed by atoms with Gasteiger partial charge in [0.2, 0.25) is 0 Å². The number of piperazine rings is 1. The molecule has 4 aromatic rings. The molecule has 0 saturated carbocycles. The van der Waals surface area contributed by atoms with Crippen molar-refractivity contribution in [2.24, 2.45) is 0 Å². The molecule has 0 radical (unpaired) electrons. The monoisotopic (exact) mass is 505 g/mol. The van der Waals surface area contributed by atoms with Crippen LogP contribution in [0, 0.1) is 5.82 Å². The number of ether oxygens (including phenoxy) is 1. The smallest absolute Gasteiger partial charge is 0.146 e. The minimum atomic E-state index is -0.147. The van der Waals surface area contributed by atoms with Crippen molar-refractivity contribution < 1.29 is 21.5 Å². The van der Waals surface area contributed by atoms with Gasteiger partial charge in [-0.3, -0.25) is 4.90 Å². The van der Waals surface area contributed by atoms with E-state index in [1.165, 1.54) is 39.4 Å². The summed E-state index contributed by atoms with van der Waals surface area (Å²) < 4.78 is 20.0. The summed E-state index contributed by atoms with van der Waals surface area (Å²) in [4.78, 5) is 8.25. The summed E-state index contributed by atoms with van der Waals surface area (Å²) in [5.41, 5.74) is 7.03. The fraction of sp³-hybridized carbons (Fsp3) is 0.310. The SMILES string of the molecule is COc1ccc(C2NCCc3c2[nH]c2ccccc32)cc1CN1CCN(c2ccccc2F)CC1.[Cl-]. The minimum Gasteiger partial charge on any atom is -1.00 e. The highest BCUT2D eigenvalue weighted by Gasteiger charge is 2.26. The fourth-order valence-electron chi connectivity index (χ4n) is 5.66. The highest BCUT2D eigenvalue weighted by molar-refractivity contribution is 5.85. The quantitative estimate of drug-likeness (QED) is 0.435. The van der Waals surface area contributed by atoms with Crippen LogP contribution in [0.15, 0.2) is 66.7 Å². The molecule has 188 valence electrons. The third-order valence-electron chi connectivity index (χ3n) is 7.46. The van der Waals surface area contributed by atoms with Crippen molar-refractivity contribution in [1.82, 2.24) is 15.2 Å². The van der Waals surface area contributed by atoms with Gasteiger partial charge in [-0.2, -0.15) is 0 Å². The number of nitrogens with zero attached hydrogens (tertiary/aromatic N) is 2. The number of aromatic amines is 1. The van der Waals surface area contributed by atoms with E-state index < -0.39 is 0 Å². The van der Waals surface area contributed by atoms with Gasteiger partial charge in [0.15, 0.2) is 0 Å². The van der Waals surface area contributed by atoms with Crippen LogP contribution < -0.4 is 27.4 Å². The number of benzene rings is 3. The van der Waals surface area contributed by atoms with Gasteiger partial charge in [-0.1, -0.05) is 36.4 Å². The zero-order valence-electron chi connectivity index (χ0n) is 20.4. The Bertz CT molecular complexity index is 1350. The van der Waals surface area contributed by atoms with Gasteiger partial charge in [0.1, 0.15) is 11.6 Å². The number of halogens is 2. The molecule has 2 N–H and O–H groups in total. The third kappa shape index (κ3) is 4.57. The number of rotatable bonds is 5. The van der Waals surface area contributed by atoms with Gasteiger partial charge in [-0.25, -0.2) is 4.39 Å². The summed E-state index contributed by atoms with van der Waals surface area (Å²) in [6.45, 7) is 5.16. The van der Waals surface area contributed by atoms with Gasteiger partial charge < -0.3 is 32.3 Å².